The molecule has 2 nitrogen and oxygen atoms in total. The Labute approximate surface area is 119 Å². The Morgan fingerprint density at radius 2 is 2.00 bits per heavy atom. The number of halogens is 2. The van der Waals surface area contributed by atoms with E-state index < -0.39 is 11.6 Å². The van der Waals surface area contributed by atoms with Crippen molar-refractivity contribution in [2.45, 2.75) is 45.3 Å². The number of benzene rings is 1. The first-order chi connectivity index (χ1) is 9.60. The highest BCUT2D eigenvalue weighted by atomic mass is 19.1. The van der Waals surface area contributed by atoms with Gasteiger partial charge in [-0.15, -0.1) is 0 Å². The van der Waals surface area contributed by atoms with Crippen LogP contribution in [0.2, 0.25) is 0 Å². The largest absolute Gasteiger partial charge is 0.378 e. The molecule has 3 unspecified atom stereocenters. The summed E-state index contributed by atoms with van der Waals surface area (Å²) in [6, 6.07) is 3.96. The predicted molar refractivity (Wildman–Crippen MR) is 75.7 cm³/mol. The molecule has 0 saturated carbocycles. The van der Waals surface area contributed by atoms with E-state index in [0.29, 0.717) is 17.9 Å². The summed E-state index contributed by atoms with van der Waals surface area (Å²) in [7, 11) is 0. The van der Waals surface area contributed by atoms with Crippen molar-refractivity contribution < 1.29 is 13.5 Å². The van der Waals surface area contributed by atoms with Crippen molar-refractivity contribution in [3.8, 4) is 0 Å². The van der Waals surface area contributed by atoms with Crippen LogP contribution in [-0.4, -0.2) is 25.3 Å². The molecule has 0 radical (unpaired) electrons. The van der Waals surface area contributed by atoms with E-state index >= 15 is 0 Å². The van der Waals surface area contributed by atoms with Crippen LogP contribution >= 0.6 is 0 Å². The van der Waals surface area contributed by atoms with E-state index in [1.165, 1.54) is 12.1 Å². The lowest BCUT2D eigenvalue weighted by Crippen LogP contribution is -2.41. The van der Waals surface area contributed by atoms with Crippen LogP contribution in [0.25, 0.3) is 0 Å². The van der Waals surface area contributed by atoms with Gasteiger partial charge in [0.05, 0.1) is 6.10 Å². The molecule has 0 amide bonds. The summed E-state index contributed by atoms with van der Waals surface area (Å²) in [5.41, 5.74) is 0.704. The maximum absolute atomic E-state index is 13.3. The predicted octanol–water partition coefficient (Wildman–Crippen LogP) is 3.30. The minimum Gasteiger partial charge on any atom is -0.378 e. The van der Waals surface area contributed by atoms with Crippen LogP contribution in [0, 0.1) is 17.6 Å². The van der Waals surface area contributed by atoms with Crippen molar-refractivity contribution in [2.75, 3.05) is 13.2 Å². The third-order valence-corrected chi connectivity index (χ3v) is 3.99. The minimum absolute atomic E-state index is 0.197. The van der Waals surface area contributed by atoms with Gasteiger partial charge in [-0.25, -0.2) is 8.78 Å². The van der Waals surface area contributed by atoms with Crippen LogP contribution in [0.4, 0.5) is 8.78 Å². The van der Waals surface area contributed by atoms with Crippen molar-refractivity contribution in [1.29, 1.82) is 0 Å². The summed E-state index contributed by atoms with van der Waals surface area (Å²) in [6.45, 7) is 5.87. The van der Waals surface area contributed by atoms with E-state index in [2.05, 4.69) is 19.2 Å². The second-order valence-corrected chi connectivity index (χ2v) is 5.57. The average molecular weight is 283 g/mol. The summed E-state index contributed by atoms with van der Waals surface area (Å²) < 4.78 is 32.2. The molecule has 1 aliphatic rings. The molecular weight excluding hydrogens is 260 g/mol. The molecule has 4 heteroatoms. The van der Waals surface area contributed by atoms with Crippen LogP contribution in [0.1, 0.15) is 32.3 Å². The molecule has 0 aliphatic carbocycles. The van der Waals surface area contributed by atoms with Crippen molar-refractivity contribution in [2.24, 2.45) is 5.92 Å². The van der Waals surface area contributed by atoms with Gasteiger partial charge in [-0.3, -0.25) is 0 Å². The Morgan fingerprint density at radius 1 is 1.30 bits per heavy atom. The molecular formula is C16H23F2NO. The van der Waals surface area contributed by atoms with Gasteiger partial charge in [0, 0.05) is 24.6 Å². The van der Waals surface area contributed by atoms with Crippen LogP contribution in [0.15, 0.2) is 18.2 Å². The first-order valence-corrected chi connectivity index (χ1v) is 7.40. The maximum Gasteiger partial charge on any atom is 0.126 e. The van der Waals surface area contributed by atoms with Gasteiger partial charge in [-0.1, -0.05) is 6.92 Å². The van der Waals surface area contributed by atoms with Crippen LogP contribution in [0.5, 0.6) is 0 Å². The molecule has 3 atom stereocenters. The van der Waals surface area contributed by atoms with Gasteiger partial charge in [-0.2, -0.15) is 0 Å². The van der Waals surface area contributed by atoms with Crippen LogP contribution in [-0.2, 0) is 11.2 Å². The molecule has 1 aliphatic heterocycles. The quantitative estimate of drug-likeness (QED) is 0.865. The normalized spacial score (nSPS) is 24.0. The third-order valence-electron chi connectivity index (χ3n) is 3.99. The smallest absolute Gasteiger partial charge is 0.126 e. The summed E-state index contributed by atoms with van der Waals surface area (Å²) in [5.74, 6) is -0.622. The summed E-state index contributed by atoms with van der Waals surface area (Å²) in [4.78, 5) is 0. The topological polar surface area (TPSA) is 21.3 Å². The lowest BCUT2D eigenvalue weighted by atomic mass is 9.88. The highest BCUT2D eigenvalue weighted by molar-refractivity contribution is 5.19. The first kappa shape index (κ1) is 15.4. The summed E-state index contributed by atoms with van der Waals surface area (Å²) in [6.07, 6.45) is 2.87. The second-order valence-electron chi connectivity index (χ2n) is 5.57. The Morgan fingerprint density at radius 3 is 2.55 bits per heavy atom. The minimum atomic E-state index is -0.509. The van der Waals surface area contributed by atoms with Crippen molar-refractivity contribution in [3.63, 3.8) is 0 Å². The van der Waals surface area contributed by atoms with Gasteiger partial charge in [-0.05, 0) is 50.4 Å². The van der Waals surface area contributed by atoms with Crippen LogP contribution < -0.4 is 5.32 Å². The molecule has 0 spiro atoms. The van der Waals surface area contributed by atoms with Crippen molar-refractivity contribution >= 4 is 0 Å². The Kier molecular flexibility index (Phi) is 5.49. The van der Waals surface area contributed by atoms with Gasteiger partial charge >= 0.3 is 0 Å². The number of hydrogen-bond donors (Lipinski definition) is 1. The fourth-order valence-electron chi connectivity index (χ4n) is 2.96. The molecule has 1 heterocycles. The molecule has 1 N–H and O–H groups in total. The van der Waals surface area contributed by atoms with E-state index in [1.807, 2.05) is 0 Å². The van der Waals surface area contributed by atoms with Gasteiger partial charge in [0.25, 0.3) is 0 Å². The summed E-state index contributed by atoms with van der Waals surface area (Å²) in [5, 5.41) is 3.50. The molecule has 1 saturated heterocycles. The maximum atomic E-state index is 13.3. The molecule has 112 valence electrons. The molecule has 0 aromatic heterocycles. The molecule has 2 rings (SSSR count). The fourth-order valence-corrected chi connectivity index (χ4v) is 2.96. The lowest BCUT2D eigenvalue weighted by Gasteiger charge is -2.27. The number of rotatable bonds is 6. The standard InChI is InChI=1S/C16H23F2NO/c1-3-5-19-16(15-4-6-20-11(15)2)9-12-7-13(17)10-14(18)8-12/h7-8,10-11,15-16,19H,3-6,9H2,1-2H3. The van der Waals surface area contributed by atoms with Gasteiger partial charge in [0.2, 0.25) is 0 Å². The Bertz CT molecular complexity index is 418. The average Bonchev–Trinajstić information content (AvgIpc) is 2.79. The molecule has 1 aromatic rings. The number of ether oxygens (including phenoxy) is 1. The molecule has 0 bridgehead atoms. The van der Waals surface area contributed by atoms with Gasteiger partial charge < -0.3 is 10.1 Å². The lowest BCUT2D eigenvalue weighted by molar-refractivity contribution is 0.0954. The second kappa shape index (κ2) is 7.14. The Hall–Kier alpha value is -1.00. The molecule has 1 fully saturated rings. The monoisotopic (exact) mass is 283 g/mol. The van der Waals surface area contributed by atoms with E-state index in [4.69, 9.17) is 4.74 Å². The van der Waals surface area contributed by atoms with E-state index in [-0.39, 0.29) is 12.1 Å². The summed E-state index contributed by atoms with van der Waals surface area (Å²) >= 11 is 0. The SMILES string of the molecule is CCCNC(Cc1cc(F)cc(F)c1)C1CCOC1C. The van der Waals surface area contributed by atoms with Gasteiger partial charge in [0.1, 0.15) is 11.6 Å². The fraction of sp³-hybridized carbons (Fsp3) is 0.625. The van der Waals surface area contributed by atoms with E-state index in [9.17, 15) is 8.78 Å². The zero-order chi connectivity index (χ0) is 14.5. The van der Waals surface area contributed by atoms with Crippen molar-refractivity contribution in [1.82, 2.24) is 5.32 Å². The van der Waals surface area contributed by atoms with E-state index in [0.717, 1.165) is 32.1 Å². The number of hydrogen-bond acceptors (Lipinski definition) is 2. The highest BCUT2D eigenvalue weighted by Crippen LogP contribution is 2.26. The van der Waals surface area contributed by atoms with Gasteiger partial charge in [0.15, 0.2) is 0 Å². The zero-order valence-electron chi connectivity index (χ0n) is 12.2. The van der Waals surface area contributed by atoms with Crippen molar-refractivity contribution in [3.05, 3.63) is 35.4 Å². The Balaban J connectivity index is 2.09. The highest BCUT2D eigenvalue weighted by Gasteiger charge is 2.31. The van der Waals surface area contributed by atoms with E-state index in [1.54, 1.807) is 0 Å². The molecule has 20 heavy (non-hydrogen) atoms. The van der Waals surface area contributed by atoms with Crippen LogP contribution in [0.3, 0.4) is 0 Å². The zero-order valence-corrected chi connectivity index (χ0v) is 12.2. The molecule has 1 aromatic carbocycles. The first-order valence-electron chi connectivity index (χ1n) is 7.40. The third kappa shape index (κ3) is 4.00. The number of nitrogens with one attached hydrogen (secondary N) is 1.